The van der Waals surface area contributed by atoms with Crippen molar-refractivity contribution in [3.63, 3.8) is 0 Å². The van der Waals surface area contributed by atoms with Crippen molar-refractivity contribution in [2.75, 3.05) is 20.1 Å². The van der Waals surface area contributed by atoms with Crippen molar-refractivity contribution in [1.82, 2.24) is 25.8 Å². The van der Waals surface area contributed by atoms with Crippen molar-refractivity contribution in [3.8, 4) is 0 Å². The predicted molar refractivity (Wildman–Crippen MR) is 174 cm³/mol. The average molecular weight is 645 g/mol. The number of carbonyl (C=O) groups excluding carboxylic acids is 4. The molecule has 0 unspecified atom stereocenters. The van der Waals surface area contributed by atoms with Crippen LogP contribution < -0.4 is 32.7 Å². The highest BCUT2D eigenvalue weighted by Gasteiger charge is 2.31. The van der Waals surface area contributed by atoms with Gasteiger partial charge in [0.05, 0.1) is 12.1 Å². The van der Waals surface area contributed by atoms with E-state index in [4.69, 9.17) is 16.2 Å². The molecule has 9 N–H and O–H groups in total. The minimum atomic E-state index is -1.41. The number of aliphatic carboxylic acids is 1. The normalized spacial score (nSPS) is 13.9. The van der Waals surface area contributed by atoms with Gasteiger partial charge in [-0.15, -0.1) is 0 Å². The second-order valence-corrected chi connectivity index (χ2v) is 12.3. The van der Waals surface area contributed by atoms with E-state index in [0.29, 0.717) is 29.4 Å². The van der Waals surface area contributed by atoms with Crippen LogP contribution in [0.2, 0.25) is 0 Å². The molecule has 0 bridgehead atoms. The lowest BCUT2D eigenvalue weighted by Gasteiger charge is -2.25. The smallest absolute Gasteiger partial charge is 0.419 e. The third-order valence-corrected chi connectivity index (χ3v) is 6.82. The lowest BCUT2D eigenvalue weighted by Crippen LogP contribution is -2.56. The summed E-state index contributed by atoms with van der Waals surface area (Å²) < 4.78 is 6.83. The molecule has 0 radical (unpaired) electrons. The van der Waals surface area contributed by atoms with Crippen LogP contribution in [0.15, 0.2) is 35.5 Å². The Balaban J connectivity index is 2.34. The van der Waals surface area contributed by atoms with Crippen LogP contribution in [0.1, 0.15) is 59.4 Å². The number of carbonyl (C=O) groups is 5. The fourth-order valence-corrected chi connectivity index (χ4v) is 4.67. The number of rotatable bonds is 15. The number of hydrogen-bond acceptors (Lipinski definition) is 8. The molecule has 0 aliphatic carbocycles. The van der Waals surface area contributed by atoms with Crippen LogP contribution in [0.25, 0.3) is 10.9 Å². The van der Waals surface area contributed by atoms with Gasteiger partial charge in [-0.05, 0) is 57.6 Å². The second kappa shape index (κ2) is 17.1. The molecule has 3 atom stereocenters. The van der Waals surface area contributed by atoms with E-state index in [2.05, 4.69) is 26.3 Å². The first-order valence-electron chi connectivity index (χ1n) is 15.2. The maximum Gasteiger partial charge on any atom is 0.419 e. The summed E-state index contributed by atoms with van der Waals surface area (Å²) in [5, 5.41) is 21.4. The van der Waals surface area contributed by atoms with Crippen molar-refractivity contribution in [2.45, 2.75) is 84.0 Å². The molecule has 0 aliphatic heterocycles. The van der Waals surface area contributed by atoms with Crippen LogP contribution >= 0.6 is 0 Å². The SMILES string of the molecule is CN=C(N)NCCC[C@H](NC(=O)[C@H](CC(C)C)NC(=O)CN)C(=O)N[C@@H](Cc1cn(C(=O)OC(C)(C)C)c2ccccc12)C(=O)O. The molecule has 2 rings (SSSR count). The quantitative estimate of drug-likeness (QED) is 0.0819. The van der Waals surface area contributed by atoms with E-state index in [-0.39, 0.29) is 37.7 Å². The summed E-state index contributed by atoms with van der Waals surface area (Å²) in [5.41, 5.74) is 11.4. The van der Waals surface area contributed by atoms with E-state index in [1.54, 1.807) is 45.0 Å². The number of amides is 3. The van der Waals surface area contributed by atoms with Gasteiger partial charge in [0, 0.05) is 31.6 Å². The maximum atomic E-state index is 13.6. The number of ether oxygens (including phenoxy) is 1. The lowest BCUT2D eigenvalue weighted by atomic mass is 10.0. The minimum absolute atomic E-state index is 0.0285. The summed E-state index contributed by atoms with van der Waals surface area (Å²) in [6, 6.07) is 3.45. The van der Waals surface area contributed by atoms with Crippen LogP contribution in [0.4, 0.5) is 4.79 Å². The number of carboxylic acid groups (broad SMARTS) is 1. The van der Waals surface area contributed by atoms with Gasteiger partial charge < -0.3 is 42.6 Å². The standard InChI is InChI=1S/C31H48N8O7/c1-18(2)14-22(36-25(40)16-32)27(42)37-21(11-9-13-35-29(33)34-6)26(41)38-23(28(43)44)15-19-17-39(30(45)46-31(3,4)5)24-12-8-7-10-20(19)24/h7-8,10,12,17-18,21-23H,9,11,13-16,32H2,1-6H3,(H,36,40)(H,37,42)(H,38,41)(H,43,44)(H3,33,34,35)/t21-,22-,23-/m0/s1. The molecule has 2 aromatic rings. The largest absolute Gasteiger partial charge is 0.480 e. The summed E-state index contributed by atoms with van der Waals surface area (Å²) in [6.45, 7) is 8.98. The Morgan fingerprint density at radius 3 is 2.22 bits per heavy atom. The fraction of sp³-hybridized carbons (Fsp3) is 0.548. The molecule has 3 amide bonds. The summed E-state index contributed by atoms with van der Waals surface area (Å²) in [5.74, 6) is -2.96. The highest BCUT2D eigenvalue weighted by molar-refractivity contribution is 5.95. The molecule has 0 aliphatic rings. The van der Waals surface area contributed by atoms with Crippen molar-refractivity contribution in [3.05, 3.63) is 36.0 Å². The van der Waals surface area contributed by atoms with Crippen molar-refractivity contribution < 1.29 is 33.8 Å². The first-order valence-corrected chi connectivity index (χ1v) is 15.2. The average Bonchev–Trinajstić information content (AvgIpc) is 3.34. The summed E-state index contributed by atoms with van der Waals surface area (Å²) in [6.07, 6.45) is 1.48. The zero-order chi connectivity index (χ0) is 34.6. The molecular weight excluding hydrogens is 596 g/mol. The summed E-state index contributed by atoms with van der Waals surface area (Å²) in [7, 11) is 1.51. The number of guanidine groups is 1. The third-order valence-electron chi connectivity index (χ3n) is 6.82. The van der Waals surface area contributed by atoms with E-state index in [9.17, 15) is 29.1 Å². The Morgan fingerprint density at radius 2 is 1.63 bits per heavy atom. The Labute approximate surface area is 268 Å². The molecule has 0 fully saturated rings. The van der Waals surface area contributed by atoms with Gasteiger partial charge in [0.15, 0.2) is 5.96 Å². The first-order chi connectivity index (χ1) is 21.6. The minimum Gasteiger partial charge on any atom is -0.480 e. The molecule has 0 saturated heterocycles. The molecule has 46 heavy (non-hydrogen) atoms. The number of nitrogens with zero attached hydrogens (tertiary/aromatic N) is 2. The summed E-state index contributed by atoms with van der Waals surface area (Å²) >= 11 is 0. The Morgan fingerprint density at radius 1 is 1.00 bits per heavy atom. The van der Waals surface area contributed by atoms with Gasteiger partial charge in [-0.2, -0.15) is 0 Å². The highest BCUT2D eigenvalue weighted by Crippen LogP contribution is 2.24. The fourth-order valence-electron chi connectivity index (χ4n) is 4.67. The van der Waals surface area contributed by atoms with Crippen LogP contribution in [-0.4, -0.2) is 89.3 Å². The van der Waals surface area contributed by atoms with E-state index >= 15 is 0 Å². The Bertz CT molecular complexity index is 1410. The number of benzene rings is 1. The molecule has 1 aromatic carbocycles. The molecule has 1 heterocycles. The number of hydrogen-bond donors (Lipinski definition) is 7. The third kappa shape index (κ3) is 11.7. The Kier molecular flexibility index (Phi) is 14.0. The number of aliphatic imine (C=N–C) groups is 1. The number of para-hydroxylation sites is 1. The Hall–Kier alpha value is -4.66. The van der Waals surface area contributed by atoms with E-state index in [1.165, 1.54) is 17.8 Å². The maximum absolute atomic E-state index is 13.6. The van der Waals surface area contributed by atoms with E-state index < -0.39 is 53.5 Å². The van der Waals surface area contributed by atoms with Gasteiger partial charge in [0.2, 0.25) is 17.7 Å². The number of nitrogens with two attached hydrogens (primary N) is 2. The van der Waals surface area contributed by atoms with Crippen LogP contribution in [0.5, 0.6) is 0 Å². The molecule has 1 aromatic heterocycles. The van der Waals surface area contributed by atoms with Crippen LogP contribution in [0, 0.1) is 5.92 Å². The number of fused-ring (bicyclic) bond motifs is 1. The van der Waals surface area contributed by atoms with Gasteiger partial charge in [0.25, 0.3) is 0 Å². The van der Waals surface area contributed by atoms with E-state index in [0.717, 1.165) is 0 Å². The van der Waals surface area contributed by atoms with Gasteiger partial charge in [-0.25, -0.2) is 9.59 Å². The zero-order valence-corrected chi connectivity index (χ0v) is 27.4. The highest BCUT2D eigenvalue weighted by atomic mass is 16.6. The van der Waals surface area contributed by atoms with Crippen LogP contribution in [0.3, 0.4) is 0 Å². The molecule has 0 saturated carbocycles. The van der Waals surface area contributed by atoms with Gasteiger partial charge in [0.1, 0.15) is 23.7 Å². The molecule has 15 heteroatoms. The van der Waals surface area contributed by atoms with Gasteiger partial charge >= 0.3 is 12.1 Å². The van der Waals surface area contributed by atoms with Gasteiger partial charge in [-0.3, -0.25) is 23.9 Å². The topological polar surface area (TPSA) is 232 Å². The molecule has 254 valence electrons. The molecule has 15 nitrogen and oxygen atoms in total. The molecule has 0 spiro atoms. The van der Waals surface area contributed by atoms with Gasteiger partial charge in [-0.1, -0.05) is 32.0 Å². The number of aromatic nitrogens is 1. The number of carboxylic acids is 1. The second-order valence-electron chi connectivity index (χ2n) is 12.3. The van der Waals surface area contributed by atoms with Crippen molar-refractivity contribution in [1.29, 1.82) is 0 Å². The molecular formula is C31H48N8O7. The van der Waals surface area contributed by atoms with Crippen molar-refractivity contribution >= 4 is 46.6 Å². The number of nitrogens with one attached hydrogen (secondary N) is 4. The predicted octanol–water partition coefficient (Wildman–Crippen LogP) is 0.825. The van der Waals surface area contributed by atoms with Crippen molar-refractivity contribution in [2.24, 2.45) is 22.4 Å². The van der Waals surface area contributed by atoms with E-state index in [1.807, 2.05) is 13.8 Å². The zero-order valence-electron chi connectivity index (χ0n) is 27.4. The van der Waals surface area contributed by atoms with Crippen LogP contribution in [-0.2, 0) is 30.3 Å². The first kappa shape index (κ1) is 37.5. The monoisotopic (exact) mass is 644 g/mol. The lowest BCUT2D eigenvalue weighted by molar-refractivity contribution is -0.142. The summed E-state index contributed by atoms with van der Waals surface area (Å²) in [4.78, 5) is 68.0.